The summed E-state index contributed by atoms with van der Waals surface area (Å²) in [5.74, 6) is 0.146. The minimum Gasteiger partial charge on any atom is -0.326 e. The molecule has 5 heteroatoms. The highest BCUT2D eigenvalue weighted by Gasteiger charge is 2.68. The molecule has 5 nitrogen and oxygen atoms in total. The van der Waals surface area contributed by atoms with E-state index in [9.17, 15) is 9.59 Å². The van der Waals surface area contributed by atoms with E-state index in [1.165, 1.54) is 0 Å². The Morgan fingerprint density at radius 3 is 2.25 bits per heavy atom. The molecule has 2 amide bonds. The predicted octanol–water partition coefficient (Wildman–Crippen LogP) is 3.17. The van der Waals surface area contributed by atoms with Crippen molar-refractivity contribution in [2.75, 3.05) is 5.32 Å². The molecule has 1 aliphatic heterocycles. The minimum absolute atomic E-state index is 0.0293. The standard InChI is InChI=1S/C19H25N3O2/c1-11-10-14(23)21-22-15(11)12-6-8-13(9-7-12)20-17(24)16-18(2,3)19(16,4)5/h6-9,11,16H,10H2,1-5H3,(H,20,24)(H,21,23). The highest BCUT2D eigenvalue weighted by Crippen LogP contribution is 2.68. The van der Waals surface area contributed by atoms with Crippen LogP contribution in [-0.4, -0.2) is 17.5 Å². The molecule has 1 aliphatic carbocycles. The van der Waals surface area contributed by atoms with Gasteiger partial charge < -0.3 is 5.32 Å². The quantitative estimate of drug-likeness (QED) is 0.895. The monoisotopic (exact) mass is 327 g/mol. The largest absolute Gasteiger partial charge is 0.326 e. The van der Waals surface area contributed by atoms with Gasteiger partial charge in [0.2, 0.25) is 11.8 Å². The Kier molecular flexibility index (Phi) is 3.78. The van der Waals surface area contributed by atoms with Gasteiger partial charge in [-0.3, -0.25) is 9.59 Å². The van der Waals surface area contributed by atoms with Gasteiger partial charge in [-0.2, -0.15) is 5.10 Å². The molecule has 1 unspecified atom stereocenters. The number of hydrogen-bond acceptors (Lipinski definition) is 3. The predicted molar refractivity (Wildman–Crippen MR) is 94.6 cm³/mol. The molecule has 0 radical (unpaired) electrons. The molecule has 1 saturated carbocycles. The number of carbonyl (C=O) groups excluding carboxylic acids is 2. The van der Waals surface area contributed by atoms with Crippen molar-refractivity contribution in [1.82, 2.24) is 5.43 Å². The fraction of sp³-hybridized carbons (Fsp3) is 0.526. The van der Waals surface area contributed by atoms with Crippen LogP contribution in [0.1, 0.15) is 46.6 Å². The zero-order chi connectivity index (χ0) is 17.7. The maximum Gasteiger partial charge on any atom is 0.240 e. The molecule has 24 heavy (non-hydrogen) atoms. The van der Waals surface area contributed by atoms with E-state index >= 15 is 0 Å². The first-order valence-electron chi connectivity index (χ1n) is 8.42. The van der Waals surface area contributed by atoms with Crippen LogP contribution in [0.4, 0.5) is 5.69 Å². The molecular formula is C19H25N3O2. The van der Waals surface area contributed by atoms with E-state index in [2.05, 4.69) is 43.5 Å². The number of nitrogens with zero attached hydrogens (tertiary/aromatic N) is 1. The lowest BCUT2D eigenvalue weighted by atomic mass is 9.94. The van der Waals surface area contributed by atoms with Crippen LogP contribution < -0.4 is 10.7 Å². The van der Waals surface area contributed by atoms with E-state index in [0.29, 0.717) is 6.42 Å². The second kappa shape index (κ2) is 5.43. The van der Waals surface area contributed by atoms with Gasteiger partial charge in [-0.15, -0.1) is 0 Å². The molecule has 0 spiro atoms. The van der Waals surface area contributed by atoms with Gasteiger partial charge in [-0.1, -0.05) is 46.8 Å². The lowest BCUT2D eigenvalue weighted by molar-refractivity contribution is -0.122. The third-order valence-electron chi connectivity index (χ3n) is 5.99. The summed E-state index contributed by atoms with van der Waals surface area (Å²) in [6, 6.07) is 7.65. The van der Waals surface area contributed by atoms with Crippen LogP contribution in [-0.2, 0) is 9.59 Å². The van der Waals surface area contributed by atoms with E-state index in [1.807, 2.05) is 31.2 Å². The van der Waals surface area contributed by atoms with Gasteiger partial charge in [0.15, 0.2) is 0 Å². The third-order valence-corrected chi connectivity index (χ3v) is 5.99. The van der Waals surface area contributed by atoms with E-state index in [0.717, 1.165) is 17.0 Å². The van der Waals surface area contributed by atoms with E-state index < -0.39 is 0 Å². The minimum atomic E-state index is -0.0511. The zero-order valence-corrected chi connectivity index (χ0v) is 14.9. The lowest BCUT2D eigenvalue weighted by Crippen LogP contribution is -2.31. The summed E-state index contributed by atoms with van der Waals surface area (Å²) in [6.45, 7) is 10.5. The molecule has 1 aromatic carbocycles. The van der Waals surface area contributed by atoms with Gasteiger partial charge in [-0.05, 0) is 28.5 Å². The number of benzene rings is 1. The van der Waals surface area contributed by atoms with Crippen LogP contribution in [0.5, 0.6) is 0 Å². The topological polar surface area (TPSA) is 70.6 Å². The summed E-state index contributed by atoms with van der Waals surface area (Å²) in [4.78, 5) is 23.8. The van der Waals surface area contributed by atoms with Gasteiger partial charge in [0.25, 0.3) is 0 Å². The van der Waals surface area contributed by atoms with E-state index in [4.69, 9.17) is 0 Å². The lowest BCUT2D eigenvalue weighted by Gasteiger charge is -2.19. The smallest absolute Gasteiger partial charge is 0.240 e. The van der Waals surface area contributed by atoms with Crippen LogP contribution in [0.15, 0.2) is 29.4 Å². The molecule has 1 fully saturated rings. The average molecular weight is 327 g/mol. The number of carbonyl (C=O) groups is 2. The van der Waals surface area contributed by atoms with Gasteiger partial charge in [0.05, 0.1) is 5.71 Å². The van der Waals surface area contributed by atoms with Crippen molar-refractivity contribution in [1.29, 1.82) is 0 Å². The second-order valence-corrected chi connectivity index (χ2v) is 8.08. The summed E-state index contributed by atoms with van der Waals surface area (Å²) in [7, 11) is 0. The van der Waals surface area contributed by atoms with Crippen LogP contribution >= 0.6 is 0 Å². The number of amides is 2. The number of anilines is 1. The molecule has 3 rings (SSSR count). The maximum atomic E-state index is 12.5. The molecule has 1 atom stereocenters. The molecule has 2 N–H and O–H groups in total. The molecule has 0 aromatic heterocycles. The normalized spacial score (nSPS) is 24.8. The number of nitrogens with one attached hydrogen (secondary N) is 2. The molecule has 128 valence electrons. The number of hydrazone groups is 1. The molecule has 0 bridgehead atoms. The van der Waals surface area contributed by atoms with Crippen molar-refractivity contribution in [2.45, 2.75) is 41.0 Å². The van der Waals surface area contributed by atoms with Crippen LogP contribution in [0.3, 0.4) is 0 Å². The molecule has 1 heterocycles. The van der Waals surface area contributed by atoms with Crippen molar-refractivity contribution in [2.24, 2.45) is 27.8 Å². The van der Waals surface area contributed by atoms with Gasteiger partial charge >= 0.3 is 0 Å². The van der Waals surface area contributed by atoms with E-state index in [1.54, 1.807) is 0 Å². The summed E-state index contributed by atoms with van der Waals surface area (Å²) >= 11 is 0. The number of rotatable bonds is 3. The van der Waals surface area contributed by atoms with Crippen molar-refractivity contribution < 1.29 is 9.59 Å². The highest BCUT2D eigenvalue weighted by atomic mass is 16.2. The summed E-state index contributed by atoms with van der Waals surface area (Å²) < 4.78 is 0. The molecule has 0 saturated heterocycles. The van der Waals surface area contributed by atoms with Crippen molar-refractivity contribution in [3.63, 3.8) is 0 Å². The molecule has 2 aliphatic rings. The Labute approximate surface area is 142 Å². The fourth-order valence-electron chi connectivity index (χ4n) is 3.79. The zero-order valence-electron chi connectivity index (χ0n) is 14.9. The molecule has 1 aromatic rings. The van der Waals surface area contributed by atoms with Crippen LogP contribution in [0.25, 0.3) is 0 Å². The van der Waals surface area contributed by atoms with Gasteiger partial charge in [0.1, 0.15) is 0 Å². The van der Waals surface area contributed by atoms with Crippen LogP contribution in [0, 0.1) is 22.7 Å². The average Bonchev–Trinajstić information content (AvgIpc) is 2.90. The highest BCUT2D eigenvalue weighted by molar-refractivity contribution is 6.06. The van der Waals surface area contributed by atoms with Crippen LogP contribution in [0.2, 0.25) is 0 Å². The Morgan fingerprint density at radius 1 is 1.17 bits per heavy atom. The Hall–Kier alpha value is -2.17. The van der Waals surface area contributed by atoms with Gasteiger partial charge in [-0.25, -0.2) is 5.43 Å². The first kappa shape index (κ1) is 16.7. The van der Waals surface area contributed by atoms with E-state index in [-0.39, 0.29) is 34.5 Å². The Balaban J connectivity index is 1.70. The third kappa shape index (κ3) is 2.62. The Morgan fingerprint density at radius 2 is 1.75 bits per heavy atom. The summed E-state index contributed by atoms with van der Waals surface area (Å²) in [5, 5.41) is 7.17. The van der Waals surface area contributed by atoms with Crippen molar-refractivity contribution in [3.8, 4) is 0 Å². The SMILES string of the molecule is CC1CC(=O)NN=C1c1ccc(NC(=O)C2C(C)(C)C2(C)C)cc1. The van der Waals surface area contributed by atoms with Crippen molar-refractivity contribution >= 4 is 23.2 Å². The molecular weight excluding hydrogens is 302 g/mol. The van der Waals surface area contributed by atoms with Gasteiger partial charge in [0, 0.05) is 23.9 Å². The first-order valence-corrected chi connectivity index (χ1v) is 8.42. The Bertz CT molecular complexity index is 703. The summed E-state index contributed by atoms with van der Waals surface area (Å²) in [5.41, 5.74) is 5.21. The number of hydrogen-bond donors (Lipinski definition) is 2. The fourth-order valence-corrected chi connectivity index (χ4v) is 3.79. The summed E-state index contributed by atoms with van der Waals surface area (Å²) in [6.07, 6.45) is 0.448. The van der Waals surface area contributed by atoms with Crippen molar-refractivity contribution in [3.05, 3.63) is 29.8 Å². The first-order chi connectivity index (χ1) is 11.1. The second-order valence-electron chi connectivity index (χ2n) is 8.08. The maximum absolute atomic E-state index is 12.5.